The maximum Gasteiger partial charge on any atom is 0.257 e. The molecule has 0 aromatic heterocycles. The third-order valence-electron chi connectivity index (χ3n) is 2.22. The van der Waals surface area contributed by atoms with Crippen LogP contribution in [0.1, 0.15) is 11.6 Å². The minimum absolute atomic E-state index is 0.356. The molecular formula is C10H11F2NO2. The molecule has 0 unspecified atom stereocenters. The second kappa shape index (κ2) is 4.02. The van der Waals surface area contributed by atoms with Crippen LogP contribution in [0.4, 0.5) is 8.78 Å². The zero-order chi connectivity index (χ0) is 10.8. The molecule has 2 rings (SSSR count). The molecule has 0 bridgehead atoms. The van der Waals surface area contributed by atoms with Crippen molar-refractivity contribution in [1.82, 2.24) is 0 Å². The summed E-state index contributed by atoms with van der Waals surface area (Å²) in [5.74, 6) is 1.06. The van der Waals surface area contributed by atoms with Crippen molar-refractivity contribution in [3.8, 4) is 11.5 Å². The van der Waals surface area contributed by atoms with Crippen molar-refractivity contribution < 1.29 is 18.3 Å². The molecule has 1 aromatic rings. The monoisotopic (exact) mass is 215 g/mol. The summed E-state index contributed by atoms with van der Waals surface area (Å²) >= 11 is 0. The lowest BCUT2D eigenvalue weighted by Gasteiger charge is -2.20. The largest absolute Gasteiger partial charge is 0.486 e. The van der Waals surface area contributed by atoms with Gasteiger partial charge in [0.25, 0.3) is 6.43 Å². The van der Waals surface area contributed by atoms with Crippen molar-refractivity contribution in [2.45, 2.75) is 12.5 Å². The van der Waals surface area contributed by atoms with Crippen LogP contribution in [0.2, 0.25) is 0 Å². The van der Waals surface area contributed by atoms with E-state index in [9.17, 15) is 8.78 Å². The first kappa shape index (κ1) is 10.2. The Morgan fingerprint density at radius 1 is 1.13 bits per heavy atom. The van der Waals surface area contributed by atoms with E-state index in [-0.39, 0.29) is 0 Å². The molecule has 0 saturated carbocycles. The number of ether oxygens (including phenoxy) is 2. The molecule has 1 aromatic carbocycles. The van der Waals surface area contributed by atoms with Crippen LogP contribution < -0.4 is 15.2 Å². The van der Waals surface area contributed by atoms with Crippen LogP contribution in [0.15, 0.2) is 18.2 Å². The number of benzene rings is 1. The molecule has 0 spiro atoms. The highest BCUT2D eigenvalue weighted by molar-refractivity contribution is 5.44. The van der Waals surface area contributed by atoms with E-state index in [1.165, 1.54) is 12.1 Å². The SMILES string of the molecule is N[C@H](c1ccc2c(c1)OCCO2)C(F)F. The van der Waals surface area contributed by atoms with Gasteiger partial charge in [-0.1, -0.05) is 6.07 Å². The van der Waals surface area contributed by atoms with Crippen LogP contribution in [0.25, 0.3) is 0 Å². The third-order valence-corrected chi connectivity index (χ3v) is 2.22. The minimum Gasteiger partial charge on any atom is -0.486 e. The van der Waals surface area contributed by atoms with Gasteiger partial charge in [-0.05, 0) is 17.7 Å². The van der Waals surface area contributed by atoms with Gasteiger partial charge in [-0.3, -0.25) is 0 Å². The molecule has 82 valence electrons. The van der Waals surface area contributed by atoms with E-state index in [0.717, 1.165) is 0 Å². The first-order valence-electron chi connectivity index (χ1n) is 4.62. The molecule has 1 atom stereocenters. The van der Waals surface area contributed by atoms with E-state index < -0.39 is 12.5 Å². The zero-order valence-electron chi connectivity index (χ0n) is 7.95. The molecule has 0 saturated heterocycles. The molecule has 5 heteroatoms. The van der Waals surface area contributed by atoms with Crippen molar-refractivity contribution in [2.75, 3.05) is 13.2 Å². The quantitative estimate of drug-likeness (QED) is 0.817. The normalized spacial score (nSPS) is 16.5. The van der Waals surface area contributed by atoms with Gasteiger partial charge < -0.3 is 15.2 Å². The fourth-order valence-electron chi connectivity index (χ4n) is 1.41. The summed E-state index contributed by atoms with van der Waals surface area (Å²) in [6.45, 7) is 0.910. The molecule has 1 aliphatic rings. The molecule has 0 amide bonds. The standard InChI is InChI=1S/C10H11F2NO2/c11-10(12)9(13)6-1-2-7-8(5-6)15-4-3-14-7/h1-2,5,9-10H,3-4,13H2/t9-/m1/s1. The summed E-state index contributed by atoms with van der Waals surface area (Å²) in [6, 6.07) is 3.36. The number of halogens is 2. The second-order valence-electron chi connectivity index (χ2n) is 3.26. The summed E-state index contributed by atoms with van der Waals surface area (Å²) in [5.41, 5.74) is 5.68. The van der Waals surface area contributed by atoms with Crippen molar-refractivity contribution in [1.29, 1.82) is 0 Å². The highest BCUT2D eigenvalue weighted by Crippen LogP contribution is 2.33. The summed E-state index contributed by atoms with van der Waals surface area (Å²) < 4.78 is 35.2. The maximum atomic E-state index is 12.3. The lowest BCUT2D eigenvalue weighted by Crippen LogP contribution is -2.20. The van der Waals surface area contributed by atoms with Crippen LogP contribution in [0.3, 0.4) is 0 Å². The summed E-state index contributed by atoms with van der Waals surface area (Å²) in [4.78, 5) is 0. The second-order valence-corrected chi connectivity index (χ2v) is 3.26. The van der Waals surface area contributed by atoms with E-state index >= 15 is 0 Å². The van der Waals surface area contributed by atoms with Crippen LogP contribution >= 0.6 is 0 Å². The Bertz CT molecular complexity index is 357. The number of rotatable bonds is 2. The minimum atomic E-state index is -2.58. The summed E-state index contributed by atoms with van der Waals surface area (Å²) in [7, 11) is 0. The van der Waals surface area contributed by atoms with Gasteiger partial charge in [-0.15, -0.1) is 0 Å². The fraction of sp³-hybridized carbons (Fsp3) is 0.400. The first-order chi connectivity index (χ1) is 7.18. The van der Waals surface area contributed by atoms with E-state index in [1.54, 1.807) is 6.07 Å². The summed E-state index contributed by atoms with van der Waals surface area (Å²) in [5, 5.41) is 0. The zero-order valence-corrected chi connectivity index (χ0v) is 7.95. The fourth-order valence-corrected chi connectivity index (χ4v) is 1.41. The van der Waals surface area contributed by atoms with Gasteiger partial charge in [0.05, 0.1) is 6.04 Å². The van der Waals surface area contributed by atoms with Crippen LogP contribution in [-0.4, -0.2) is 19.6 Å². The lowest BCUT2D eigenvalue weighted by molar-refractivity contribution is 0.116. The van der Waals surface area contributed by atoms with Crippen molar-refractivity contribution in [2.24, 2.45) is 5.73 Å². The predicted octanol–water partition coefficient (Wildman–Crippen LogP) is 1.72. The predicted molar refractivity (Wildman–Crippen MR) is 50.4 cm³/mol. The smallest absolute Gasteiger partial charge is 0.257 e. The van der Waals surface area contributed by atoms with Crippen LogP contribution in [0, 0.1) is 0 Å². The average molecular weight is 215 g/mol. The van der Waals surface area contributed by atoms with Gasteiger partial charge in [0.1, 0.15) is 13.2 Å². The van der Waals surface area contributed by atoms with Gasteiger partial charge in [0, 0.05) is 0 Å². The summed E-state index contributed by atoms with van der Waals surface area (Å²) in [6.07, 6.45) is -2.58. The molecule has 0 fully saturated rings. The van der Waals surface area contributed by atoms with Crippen LogP contribution in [0.5, 0.6) is 11.5 Å². The number of fused-ring (bicyclic) bond motifs is 1. The Kier molecular flexibility index (Phi) is 2.73. The highest BCUT2D eigenvalue weighted by Gasteiger charge is 2.20. The Hall–Kier alpha value is -1.36. The van der Waals surface area contributed by atoms with Gasteiger partial charge in [0.2, 0.25) is 0 Å². The van der Waals surface area contributed by atoms with Crippen molar-refractivity contribution in [3.63, 3.8) is 0 Å². The Labute approximate surface area is 85.8 Å². The molecular weight excluding hydrogens is 204 g/mol. The number of alkyl halides is 2. The Morgan fingerprint density at radius 3 is 2.47 bits per heavy atom. The topological polar surface area (TPSA) is 44.5 Å². The van der Waals surface area contributed by atoms with E-state index in [4.69, 9.17) is 15.2 Å². The molecule has 15 heavy (non-hydrogen) atoms. The Balaban J connectivity index is 2.27. The van der Waals surface area contributed by atoms with Gasteiger partial charge in [-0.25, -0.2) is 8.78 Å². The molecule has 1 heterocycles. The number of hydrogen-bond acceptors (Lipinski definition) is 3. The highest BCUT2D eigenvalue weighted by atomic mass is 19.3. The van der Waals surface area contributed by atoms with Crippen LogP contribution in [-0.2, 0) is 0 Å². The van der Waals surface area contributed by atoms with Gasteiger partial charge in [0.15, 0.2) is 11.5 Å². The molecule has 0 radical (unpaired) electrons. The van der Waals surface area contributed by atoms with Gasteiger partial charge >= 0.3 is 0 Å². The van der Waals surface area contributed by atoms with Crippen molar-refractivity contribution >= 4 is 0 Å². The third kappa shape index (κ3) is 2.02. The lowest BCUT2D eigenvalue weighted by atomic mass is 10.1. The van der Waals surface area contributed by atoms with Crippen molar-refractivity contribution in [3.05, 3.63) is 23.8 Å². The maximum absolute atomic E-state index is 12.3. The average Bonchev–Trinajstić information content (AvgIpc) is 2.27. The Morgan fingerprint density at radius 2 is 1.80 bits per heavy atom. The molecule has 0 aliphatic carbocycles. The molecule has 1 aliphatic heterocycles. The van der Waals surface area contributed by atoms with Gasteiger partial charge in [-0.2, -0.15) is 0 Å². The van der Waals surface area contributed by atoms with E-state index in [1.807, 2.05) is 0 Å². The van der Waals surface area contributed by atoms with E-state index in [2.05, 4.69) is 0 Å². The molecule has 2 N–H and O–H groups in total. The number of hydrogen-bond donors (Lipinski definition) is 1. The first-order valence-corrected chi connectivity index (χ1v) is 4.62. The molecule has 3 nitrogen and oxygen atoms in total. The van der Waals surface area contributed by atoms with E-state index in [0.29, 0.717) is 30.3 Å². The number of nitrogens with two attached hydrogens (primary N) is 1.